The molecule has 0 radical (unpaired) electrons. The van der Waals surface area contributed by atoms with E-state index in [9.17, 15) is 4.79 Å². The first-order chi connectivity index (χ1) is 5.22. The SMILES string of the molecule is COC(=O)Cc1noc(C)n1. The predicted octanol–water partition coefficient (Wildman–Crippen LogP) is 0.0935. The molecule has 1 aromatic heterocycles. The van der Waals surface area contributed by atoms with Gasteiger partial charge in [0.25, 0.3) is 0 Å². The fourth-order valence-electron chi connectivity index (χ4n) is 0.614. The number of hydrogen-bond donors (Lipinski definition) is 0. The Kier molecular flexibility index (Phi) is 2.20. The third-order valence-electron chi connectivity index (χ3n) is 1.10. The van der Waals surface area contributed by atoms with Crippen LogP contribution in [0.25, 0.3) is 0 Å². The maximum Gasteiger partial charge on any atom is 0.313 e. The van der Waals surface area contributed by atoms with Crippen LogP contribution < -0.4 is 0 Å². The molecule has 0 aliphatic rings. The summed E-state index contributed by atoms with van der Waals surface area (Å²) in [5.74, 6) is 0.434. The zero-order valence-electron chi connectivity index (χ0n) is 6.33. The topological polar surface area (TPSA) is 65.2 Å². The molecule has 5 heteroatoms. The molecule has 0 atom stereocenters. The van der Waals surface area contributed by atoms with Crippen molar-refractivity contribution >= 4 is 5.97 Å². The Balaban J connectivity index is 2.57. The molecular formula is C6H8N2O3. The fraction of sp³-hybridized carbons (Fsp3) is 0.500. The van der Waals surface area contributed by atoms with Crippen molar-refractivity contribution in [3.63, 3.8) is 0 Å². The molecule has 0 saturated heterocycles. The minimum absolute atomic E-state index is 0.0633. The molecule has 1 aromatic rings. The largest absolute Gasteiger partial charge is 0.469 e. The highest BCUT2D eigenvalue weighted by atomic mass is 16.5. The number of nitrogens with zero attached hydrogens (tertiary/aromatic N) is 2. The number of methoxy groups -OCH3 is 1. The molecule has 11 heavy (non-hydrogen) atoms. The molecule has 0 fully saturated rings. The van der Waals surface area contributed by atoms with E-state index >= 15 is 0 Å². The summed E-state index contributed by atoms with van der Waals surface area (Å²) in [6.07, 6.45) is 0.0633. The van der Waals surface area contributed by atoms with Crippen LogP contribution in [-0.4, -0.2) is 23.2 Å². The number of ether oxygens (including phenoxy) is 1. The number of esters is 1. The molecule has 0 saturated carbocycles. The van der Waals surface area contributed by atoms with E-state index in [0.717, 1.165) is 0 Å². The van der Waals surface area contributed by atoms with E-state index in [2.05, 4.69) is 19.4 Å². The van der Waals surface area contributed by atoms with E-state index in [1.165, 1.54) is 7.11 Å². The summed E-state index contributed by atoms with van der Waals surface area (Å²) in [5.41, 5.74) is 0. The van der Waals surface area contributed by atoms with E-state index < -0.39 is 0 Å². The van der Waals surface area contributed by atoms with Crippen LogP contribution in [0.4, 0.5) is 0 Å². The number of carbonyl (C=O) groups is 1. The van der Waals surface area contributed by atoms with Crippen molar-refractivity contribution in [1.82, 2.24) is 10.1 Å². The van der Waals surface area contributed by atoms with Crippen LogP contribution >= 0.6 is 0 Å². The smallest absolute Gasteiger partial charge is 0.313 e. The van der Waals surface area contributed by atoms with E-state index in [1.54, 1.807) is 6.92 Å². The van der Waals surface area contributed by atoms with Gasteiger partial charge in [-0.2, -0.15) is 4.98 Å². The molecule has 0 spiro atoms. The van der Waals surface area contributed by atoms with E-state index in [-0.39, 0.29) is 12.4 Å². The Hall–Kier alpha value is -1.39. The average Bonchev–Trinajstić information content (AvgIpc) is 2.35. The van der Waals surface area contributed by atoms with Crippen LogP contribution in [0, 0.1) is 6.92 Å². The first-order valence-corrected chi connectivity index (χ1v) is 3.08. The van der Waals surface area contributed by atoms with Gasteiger partial charge in [-0.3, -0.25) is 4.79 Å². The summed E-state index contributed by atoms with van der Waals surface area (Å²) in [6.45, 7) is 1.66. The van der Waals surface area contributed by atoms with E-state index in [4.69, 9.17) is 0 Å². The van der Waals surface area contributed by atoms with Crippen molar-refractivity contribution in [2.45, 2.75) is 13.3 Å². The van der Waals surface area contributed by atoms with Gasteiger partial charge < -0.3 is 9.26 Å². The summed E-state index contributed by atoms with van der Waals surface area (Å²) in [4.78, 5) is 14.5. The molecule has 60 valence electrons. The maximum absolute atomic E-state index is 10.6. The lowest BCUT2D eigenvalue weighted by Crippen LogP contribution is -2.05. The van der Waals surface area contributed by atoms with Crippen LogP contribution in [0.2, 0.25) is 0 Å². The summed E-state index contributed by atoms with van der Waals surface area (Å²) in [6, 6.07) is 0. The molecule has 0 aromatic carbocycles. The van der Waals surface area contributed by atoms with Gasteiger partial charge in [0.1, 0.15) is 6.42 Å². The first kappa shape index (κ1) is 7.71. The normalized spacial score (nSPS) is 9.64. The number of aromatic nitrogens is 2. The second-order valence-corrected chi connectivity index (χ2v) is 1.98. The number of hydrogen-bond acceptors (Lipinski definition) is 5. The third-order valence-corrected chi connectivity index (χ3v) is 1.10. The van der Waals surface area contributed by atoms with Crippen LogP contribution in [0.5, 0.6) is 0 Å². The molecule has 0 bridgehead atoms. The van der Waals surface area contributed by atoms with Crippen molar-refractivity contribution < 1.29 is 14.1 Å². The second kappa shape index (κ2) is 3.14. The molecule has 0 unspecified atom stereocenters. The van der Waals surface area contributed by atoms with Gasteiger partial charge in [-0.15, -0.1) is 0 Å². The molecule has 0 aliphatic carbocycles. The van der Waals surface area contributed by atoms with Crippen LogP contribution in [0.3, 0.4) is 0 Å². The first-order valence-electron chi connectivity index (χ1n) is 3.08. The summed E-state index contributed by atoms with van der Waals surface area (Å²) in [5, 5.41) is 3.52. The van der Waals surface area contributed by atoms with Gasteiger partial charge in [-0.25, -0.2) is 0 Å². The second-order valence-electron chi connectivity index (χ2n) is 1.98. The monoisotopic (exact) mass is 156 g/mol. The standard InChI is InChI=1S/C6H8N2O3/c1-4-7-5(8-11-4)3-6(9)10-2/h3H2,1-2H3. The number of rotatable bonds is 2. The Bertz CT molecular complexity index is 256. The maximum atomic E-state index is 10.6. The molecule has 0 aliphatic heterocycles. The Morgan fingerprint density at radius 2 is 2.45 bits per heavy atom. The Morgan fingerprint density at radius 3 is 2.91 bits per heavy atom. The quantitative estimate of drug-likeness (QED) is 0.568. The van der Waals surface area contributed by atoms with Gasteiger partial charge in [-0.1, -0.05) is 5.16 Å². The molecule has 5 nitrogen and oxygen atoms in total. The van der Waals surface area contributed by atoms with Gasteiger partial charge in [0.15, 0.2) is 5.82 Å². The molecule has 1 rings (SSSR count). The Morgan fingerprint density at radius 1 is 1.73 bits per heavy atom. The van der Waals surface area contributed by atoms with Crippen molar-refractivity contribution in [1.29, 1.82) is 0 Å². The van der Waals surface area contributed by atoms with Crippen molar-refractivity contribution in [2.24, 2.45) is 0 Å². The van der Waals surface area contributed by atoms with Crippen molar-refractivity contribution in [3.8, 4) is 0 Å². The number of carbonyl (C=O) groups excluding carboxylic acids is 1. The third kappa shape index (κ3) is 2.03. The van der Waals surface area contributed by atoms with Gasteiger partial charge in [-0.05, 0) is 0 Å². The van der Waals surface area contributed by atoms with E-state index in [0.29, 0.717) is 11.7 Å². The summed E-state index contributed by atoms with van der Waals surface area (Å²) >= 11 is 0. The lowest BCUT2D eigenvalue weighted by atomic mass is 10.4. The minimum Gasteiger partial charge on any atom is -0.469 e. The molecule has 0 amide bonds. The zero-order chi connectivity index (χ0) is 8.27. The molecule has 1 heterocycles. The van der Waals surface area contributed by atoms with Crippen molar-refractivity contribution in [2.75, 3.05) is 7.11 Å². The number of aryl methyl sites for hydroxylation is 1. The highest BCUT2D eigenvalue weighted by molar-refractivity contribution is 5.71. The van der Waals surface area contributed by atoms with Crippen molar-refractivity contribution in [3.05, 3.63) is 11.7 Å². The Labute approximate surface area is 63.4 Å². The highest BCUT2D eigenvalue weighted by Gasteiger charge is 2.07. The lowest BCUT2D eigenvalue weighted by molar-refractivity contribution is -0.139. The summed E-state index contributed by atoms with van der Waals surface area (Å²) in [7, 11) is 1.31. The predicted molar refractivity (Wildman–Crippen MR) is 34.8 cm³/mol. The molecule has 0 N–H and O–H groups in total. The molecular weight excluding hydrogens is 148 g/mol. The van der Waals surface area contributed by atoms with Crippen LogP contribution in [0.1, 0.15) is 11.7 Å². The fourth-order valence-corrected chi connectivity index (χ4v) is 0.614. The highest BCUT2D eigenvalue weighted by Crippen LogP contribution is 1.96. The van der Waals surface area contributed by atoms with Crippen LogP contribution in [0.15, 0.2) is 4.52 Å². The zero-order valence-corrected chi connectivity index (χ0v) is 6.33. The lowest BCUT2D eigenvalue weighted by Gasteiger charge is -1.91. The van der Waals surface area contributed by atoms with Gasteiger partial charge >= 0.3 is 5.97 Å². The van der Waals surface area contributed by atoms with E-state index in [1.807, 2.05) is 0 Å². The average molecular weight is 156 g/mol. The van der Waals surface area contributed by atoms with Gasteiger partial charge in [0.2, 0.25) is 5.89 Å². The van der Waals surface area contributed by atoms with Gasteiger partial charge in [0.05, 0.1) is 7.11 Å². The van der Waals surface area contributed by atoms with Crippen LogP contribution in [-0.2, 0) is 16.0 Å². The van der Waals surface area contributed by atoms with Gasteiger partial charge in [0, 0.05) is 6.92 Å². The minimum atomic E-state index is -0.370. The summed E-state index contributed by atoms with van der Waals surface area (Å²) < 4.78 is 9.04.